The van der Waals surface area contributed by atoms with Crippen LogP contribution in [-0.4, -0.2) is 37.1 Å². The number of hydrogen-bond acceptors (Lipinski definition) is 5. The molecule has 0 aromatic rings. The van der Waals surface area contributed by atoms with Crippen molar-refractivity contribution in [1.82, 2.24) is 10.2 Å². The Morgan fingerprint density at radius 1 is 1.08 bits per heavy atom. The van der Waals surface area contributed by atoms with E-state index >= 15 is 0 Å². The maximum atomic E-state index is 12.4. The number of carbonyl (C=O) groups is 1. The second-order valence-corrected chi connectivity index (χ2v) is 13.9. The van der Waals surface area contributed by atoms with Crippen molar-refractivity contribution >= 4 is 6.09 Å². The lowest BCUT2D eigenvalue weighted by Gasteiger charge is -2.58. The Labute approximate surface area is 226 Å². The molecule has 0 saturated heterocycles. The van der Waals surface area contributed by atoms with Crippen LogP contribution in [0.4, 0.5) is 4.79 Å². The molecular weight excluding hydrogens is 460 g/mol. The standard InChI is InChI=1S/C31H56N4O2/c1-21(2)7-6-8-22(3)26-11-12-27-25-10-9-23-17-24(37-29(36)34-20-35(18-32)19-33)13-15-30(23,4)28(25)14-16-31(26,27)5/h9,21-22,24-28H,6-8,10-20,32-33H2,1-5H3,(H,34,36)/t22-,24+,25+,26-,27+,28+,30+,31-/m1/s1. The van der Waals surface area contributed by atoms with Gasteiger partial charge in [0.15, 0.2) is 0 Å². The van der Waals surface area contributed by atoms with E-state index in [4.69, 9.17) is 16.2 Å². The predicted molar refractivity (Wildman–Crippen MR) is 151 cm³/mol. The zero-order chi connectivity index (χ0) is 26.8. The lowest BCUT2D eigenvalue weighted by atomic mass is 9.47. The number of fused-ring (bicyclic) bond motifs is 5. The molecule has 0 aliphatic heterocycles. The molecule has 3 saturated carbocycles. The highest BCUT2D eigenvalue weighted by Gasteiger charge is 2.59. The highest BCUT2D eigenvalue weighted by Crippen LogP contribution is 2.67. The highest BCUT2D eigenvalue weighted by molar-refractivity contribution is 5.67. The van der Waals surface area contributed by atoms with Gasteiger partial charge < -0.3 is 21.5 Å². The first-order valence-electron chi connectivity index (χ1n) is 15.4. The van der Waals surface area contributed by atoms with Gasteiger partial charge in [0.25, 0.3) is 0 Å². The van der Waals surface area contributed by atoms with Crippen LogP contribution in [0.2, 0.25) is 0 Å². The van der Waals surface area contributed by atoms with Crippen LogP contribution in [0.25, 0.3) is 0 Å². The molecule has 0 aromatic carbocycles. The number of nitrogens with one attached hydrogen (secondary N) is 1. The number of nitrogens with two attached hydrogens (primary N) is 2. The van der Waals surface area contributed by atoms with Gasteiger partial charge in [-0.2, -0.15) is 0 Å². The van der Waals surface area contributed by atoms with E-state index in [2.05, 4.69) is 46.0 Å². The van der Waals surface area contributed by atoms with Crippen molar-refractivity contribution in [3.05, 3.63) is 11.6 Å². The number of nitrogens with zero attached hydrogens (tertiary/aromatic N) is 1. The summed E-state index contributed by atoms with van der Waals surface area (Å²) < 4.78 is 5.83. The van der Waals surface area contributed by atoms with Crippen LogP contribution in [0.15, 0.2) is 11.6 Å². The summed E-state index contributed by atoms with van der Waals surface area (Å²) in [6.45, 7) is 13.4. The molecule has 6 heteroatoms. The van der Waals surface area contributed by atoms with Gasteiger partial charge in [-0.15, -0.1) is 0 Å². The van der Waals surface area contributed by atoms with E-state index in [0.717, 1.165) is 54.8 Å². The van der Waals surface area contributed by atoms with E-state index in [9.17, 15) is 4.79 Å². The summed E-state index contributed by atoms with van der Waals surface area (Å²) in [5.41, 5.74) is 13.6. The number of ether oxygens (including phenoxy) is 1. The Bertz CT molecular complexity index is 811. The molecule has 0 unspecified atom stereocenters. The van der Waals surface area contributed by atoms with Crippen LogP contribution in [0, 0.1) is 46.3 Å². The zero-order valence-electron chi connectivity index (χ0n) is 24.4. The molecule has 6 nitrogen and oxygen atoms in total. The fourth-order valence-electron chi connectivity index (χ4n) is 9.33. The van der Waals surface area contributed by atoms with Gasteiger partial charge in [0.1, 0.15) is 6.10 Å². The van der Waals surface area contributed by atoms with Crippen LogP contribution >= 0.6 is 0 Å². The van der Waals surface area contributed by atoms with E-state index in [1.807, 2.05) is 0 Å². The van der Waals surface area contributed by atoms with Gasteiger partial charge in [0.05, 0.1) is 6.67 Å². The maximum Gasteiger partial charge on any atom is 0.408 e. The summed E-state index contributed by atoms with van der Waals surface area (Å²) in [7, 11) is 0. The molecule has 0 radical (unpaired) electrons. The van der Waals surface area contributed by atoms with Crippen molar-refractivity contribution in [3.8, 4) is 0 Å². The van der Waals surface area contributed by atoms with Gasteiger partial charge >= 0.3 is 6.09 Å². The molecule has 0 heterocycles. The van der Waals surface area contributed by atoms with Crippen LogP contribution < -0.4 is 16.8 Å². The lowest BCUT2D eigenvalue weighted by molar-refractivity contribution is -0.0582. The Kier molecular flexibility index (Phi) is 9.34. The first-order valence-corrected chi connectivity index (χ1v) is 15.4. The fraction of sp³-hybridized carbons (Fsp3) is 0.903. The molecule has 0 aromatic heterocycles. The lowest BCUT2D eigenvalue weighted by Crippen LogP contribution is -2.51. The number of alkyl carbamates (subject to hydrolysis) is 1. The van der Waals surface area contributed by atoms with Gasteiger partial charge in [-0.05, 0) is 91.3 Å². The molecule has 4 aliphatic rings. The predicted octanol–water partition coefficient (Wildman–Crippen LogP) is 6.21. The summed E-state index contributed by atoms with van der Waals surface area (Å²) in [6.07, 6.45) is 16.2. The highest BCUT2D eigenvalue weighted by atomic mass is 16.6. The van der Waals surface area contributed by atoms with Gasteiger partial charge in [0.2, 0.25) is 0 Å². The molecule has 37 heavy (non-hydrogen) atoms. The van der Waals surface area contributed by atoms with Gasteiger partial charge in [-0.25, -0.2) is 4.79 Å². The molecule has 4 aliphatic carbocycles. The first-order chi connectivity index (χ1) is 17.6. The summed E-state index contributed by atoms with van der Waals surface area (Å²) in [6, 6.07) is 0. The molecular formula is C31H56N4O2. The normalized spacial score (nSPS) is 38.0. The van der Waals surface area contributed by atoms with E-state index in [1.165, 1.54) is 51.4 Å². The summed E-state index contributed by atoms with van der Waals surface area (Å²) in [5, 5.41) is 2.80. The number of carbonyl (C=O) groups excluding carboxylic acids is 1. The number of amides is 1. The van der Waals surface area contributed by atoms with E-state index < -0.39 is 0 Å². The molecule has 4 rings (SSSR count). The molecule has 212 valence electrons. The van der Waals surface area contributed by atoms with E-state index in [-0.39, 0.29) is 17.6 Å². The fourth-order valence-corrected chi connectivity index (χ4v) is 9.33. The van der Waals surface area contributed by atoms with E-state index in [0.29, 0.717) is 25.4 Å². The minimum absolute atomic E-state index is 0.0310. The number of hydrogen-bond donors (Lipinski definition) is 3. The van der Waals surface area contributed by atoms with Crippen LogP contribution in [-0.2, 0) is 4.74 Å². The molecule has 0 bridgehead atoms. The third-order valence-corrected chi connectivity index (χ3v) is 11.5. The van der Waals surface area contributed by atoms with E-state index in [1.54, 1.807) is 10.5 Å². The summed E-state index contributed by atoms with van der Waals surface area (Å²) in [4.78, 5) is 14.1. The Morgan fingerprint density at radius 2 is 1.84 bits per heavy atom. The van der Waals surface area contributed by atoms with Crippen molar-refractivity contribution in [1.29, 1.82) is 0 Å². The number of rotatable bonds is 10. The third kappa shape index (κ3) is 5.91. The minimum Gasteiger partial charge on any atom is -0.446 e. The maximum absolute atomic E-state index is 12.4. The van der Waals surface area contributed by atoms with Crippen LogP contribution in [0.1, 0.15) is 105 Å². The van der Waals surface area contributed by atoms with Crippen molar-refractivity contribution < 1.29 is 9.53 Å². The smallest absolute Gasteiger partial charge is 0.408 e. The molecule has 5 N–H and O–H groups in total. The Morgan fingerprint density at radius 3 is 2.54 bits per heavy atom. The van der Waals surface area contributed by atoms with Crippen molar-refractivity contribution in [2.45, 2.75) is 111 Å². The third-order valence-electron chi connectivity index (χ3n) is 11.5. The topological polar surface area (TPSA) is 93.6 Å². The molecule has 3 fully saturated rings. The Balaban J connectivity index is 1.37. The largest absolute Gasteiger partial charge is 0.446 e. The average molecular weight is 517 g/mol. The second-order valence-electron chi connectivity index (χ2n) is 13.9. The molecule has 0 spiro atoms. The molecule has 8 atom stereocenters. The van der Waals surface area contributed by atoms with Crippen LogP contribution in [0.5, 0.6) is 0 Å². The van der Waals surface area contributed by atoms with Crippen molar-refractivity contribution in [2.75, 3.05) is 20.0 Å². The first kappa shape index (κ1) is 28.9. The monoisotopic (exact) mass is 516 g/mol. The second kappa shape index (κ2) is 12.0. The van der Waals surface area contributed by atoms with Crippen LogP contribution in [0.3, 0.4) is 0 Å². The van der Waals surface area contributed by atoms with Gasteiger partial charge in [0, 0.05) is 19.8 Å². The number of allylic oxidation sites excluding steroid dienone is 1. The average Bonchev–Trinajstić information content (AvgIpc) is 3.22. The van der Waals surface area contributed by atoms with Crippen molar-refractivity contribution in [3.63, 3.8) is 0 Å². The van der Waals surface area contributed by atoms with Gasteiger partial charge in [-0.3, -0.25) is 4.90 Å². The Hall–Kier alpha value is -1.11. The van der Waals surface area contributed by atoms with Crippen molar-refractivity contribution in [2.24, 2.45) is 57.8 Å². The summed E-state index contributed by atoms with van der Waals surface area (Å²) in [5.74, 6) is 5.09. The minimum atomic E-state index is -0.359. The van der Waals surface area contributed by atoms with Gasteiger partial charge in [-0.1, -0.05) is 65.5 Å². The zero-order valence-corrected chi connectivity index (χ0v) is 24.4. The quantitative estimate of drug-likeness (QED) is 0.237. The SMILES string of the molecule is CC(C)CCC[C@@H](C)[C@H]1CC[C@H]2[C@@H]3CC=C4C[C@@H](OC(=O)NCN(CN)CN)CC[C@]4(C)[C@H]3CC[C@]12C. The summed E-state index contributed by atoms with van der Waals surface area (Å²) >= 11 is 0. The molecule has 1 amide bonds.